The molecule has 0 aromatic carbocycles. The summed E-state index contributed by atoms with van der Waals surface area (Å²) in [6, 6.07) is 0. The van der Waals surface area contributed by atoms with Crippen molar-refractivity contribution in [2.75, 3.05) is 13.7 Å². The Hall–Kier alpha value is -1.03. The van der Waals surface area contributed by atoms with Crippen molar-refractivity contribution in [2.24, 2.45) is 12.8 Å². The number of nitrogens with zero attached hydrogens (tertiary/aromatic N) is 2. The number of nitrogens with two attached hydrogens (primary N) is 1. The Balaban J connectivity index is 2.88. The van der Waals surface area contributed by atoms with E-state index in [2.05, 4.69) is 5.10 Å². The van der Waals surface area contributed by atoms with Crippen LogP contribution in [0.15, 0.2) is 0 Å². The van der Waals surface area contributed by atoms with Crippen molar-refractivity contribution in [1.82, 2.24) is 9.78 Å². The minimum atomic E-state index is 0.706. The predicted molar refractivity (Wildman–Crippen MR) is 51.9 cm³/mol. The number of methoxy groups -OCH3 is 1. The summed E-state index contributed by atoms with van der Waals surface area (Å²) in [7, 11) is 3.57. The van der Waals surface area contributed by atoms with Crippen molar-refractivity contribution >= 4 is 0 Å². The number of rotatable bonds is 4. The van der Waals surface area contributed by atoms with Gasteiger partial charge in [-0.25, -0.2) is 0 Å². The van der Waals surface area contributed by atoms with Gasteiger partial charge in [0, 0.05) is 18.3 Å². The van der Waals surface area contributed by atoms with Crippen LogP contribution in [0, 0.1) is 6.92 Å². The third-order valence-corrected chi connectivity index (χ3v) is 2.25. The SMILES string of the molecule is COc1nn(C)c(C)c1CCCN. The molecule has 0 saturated heterocycles. The molecule has 0 aliphatic carbocycles. The molecule has 0 amide bonds. The molecule has 2 N–H and O–H groups in total. The minimum absolute atomic E-state index is 0.706. The van der Waals surface area contributed by atoms with Crippen LogP contribution in [0.1, 0.15) is 17.7 Å². The molecule has 0 fully saturated rings. The van der Waals surface area contributed by atoms with Gasteiger partial charge in [-0.1, -0.05) is 0 Å². The summed E-state index contributed by atoms with van der Waals surface area (Å²) < 4.78 is 7.01. The molecule has 13 heavy (non-hydrogen) atoms. The molecule has 0 radical (unpaired) electrons. The first-order valence-electron chi connectivity index (χ1n) is 4.47. The standard InChI is InChI=1S/C9H17N3O/c1-7-8(5-4-6-10)9(13-3)11-12(7)2/h4-6,10H2,1-3H3. The van der Waals surface area contributed by atoms with Gasteiger partial charge in [0.05, 0.1) is 7.11 Å². The first-order chi connectivity index (χ1) is 6.20. The van der Waals surface area contributed by atoms with E-state index in [1.807, 2.05) is 18.7 Å². The van der Waals surface area contributed by atoms with Crippen LogP contribution >= 0.6 is 0 Å². The first-order valence-corrected chi connectivity index (χ1v) is 4.47. The summed E-state index contributed by atoms with van der Waals surface area (Å²) in [4.78, 5) is 0. The fourth-order valence-corrected chi connectivity index (χ4v) is 1.35. The minimum Gasteiger partial charge on any atom is -0.480 e. The van der Waals surface area contributed by atoms with Crippen LogP contribution in [0.2, 0.25) is 0 Å². The zero-order chi connectivity index (χ0) is 9.84. The van der Waals surface area contributed by atoms with Crippen molar-refractivity contribution in [2.45, 2.75) is 19.8 Å². The normalized spacial score (nSPS) is 10.5. The maximum atomic E-state index is 5.46. The molecule has 74 valence electrons. The lowest BCUT2D eigenvalue weighted by Gasteiger charge is -2.00. The number of hydrogen-bond donors (Lipinski definition) is 1. The Labute approximate surface area is 78.7 Å². The maximum Gasteiger partial charge on any atom is 0.235 e. The Morgan fingerprint density at radius 3 is 2.77 bits per heavy atom. The lowest BCUT2D eigenvalue weighted by atomic mass is 10.1. The highest BCUT2D eigenvalue weighted by molar-refractivity contribution is 5.30. The van der Waals surface area contributed by atoms with Gasteiger partial charge in [-0.05, 0) is 26.3 Å². The van der Waals surface area contributed by atoms with Crippen molar-refractivity contribution in [1.29, 1.82) is 0 Å². The van der Waals surface area contributed by atoms with Crippen LogP contribution in [0.4, 0.5) is 0 Å². The summed E-state index contributed by atoms with van der Waals surface area (Å²) in [6.07, 6.45) is 1.92. The second-order valence-corrected chi connectivity index (χ2v) is 3.09. The lowest BCUT2D eigenvalue weighted by molar-refractivity contribution is 0.387. The fourth-order valence-electron chi connectivity index (χ4n) is 1.35. The van der Waals surface area contributed by atoms with Crippen LogP contribution in [-0.2, 0) is 13.5 Å². The quantitative estimate of drug-likeness (QED) is 0.744. The van der Waals surface area contributed by atoms with Crippen molar-refractivity contribution in [3.05, 3.63) is 11.3 Å². The first kappa shape index (κ1) is 10.1. The van der Waals surface area contributed by atoms with Gasteiger partial charge in [0.2, 0.25) is 5.88 Å². The molecule has 1 rings (SSSR count). The van der Waals surface area contributed by atoms with Gasteiger partial charge in [-0.15, -0.1) is 5.10 Å². The Bertz CT molecular complexity index is 281. The Kier molecular flexibility index (Phi) is 3.31. The summed E-state index contributed by atoms with van der Waals surface area (Å²) in [5.41, 5.74) is 7.79. The monoisotopic (exact) mass is 183 g/mol. The van der Waals surface area contributed by atoms with E-state index < -0.39 is 0 Å². The van der Waals surface area contributed by atoms with Crippen LogP contribution < -0.4 is 10.5 Å². The van der Waals surface area contributed by atoms with Gasteiger partial charge >= 0.3 is 0 Å². The summed E-state index contributed by atoms with van der Waals surface area (Å²) in [6.45, 7) is 2.75. The zero-order valence-electron chi connectivity index (χ0n) is 8.50. The van der Waals surface area contributed by atoms with E-state index in [-0.39, 0.29) is 0 Å². The molecule has 0 unspecified atom stereocenters. The third-order valence-electron chi connectivity index (χ3n) is 2.25. The van der Waals surface area contributed by atoms with Gasteiger partial charge < -0.3 is 10.5 Å². The van der Waals surface area contributed by atoms with Crippen molar-refractivity contribution < 1.29 is 4.74 Å². The van der Waals surface area contributed by atoms with Crippen LogP contribution in [0.3, 0.4) is 0 Å². The smallest absolute Gasteiger partial charge is 0.235 e. The molecule has 0 aliphatic heterocycles. The zero-order valence-corrected chi connectivity index (χ0v) is 8.50. The maximum absolute atomic E-state index is 5.46. The molecule has 1 heterocycles. The average Bonchev–Trinajstić information content (AvgIpc) is 2.40. The van der Waals surface area contributed by atoms with E-state index in [4.69, 9.17) is 10.5 Å². The van der Waals surface area contributed by atoms with Gasteiger partial charge in [-0.3, -0.25) is 4.68 Å². The third kappa shape index (κ3) is 2.01. The second-order valence-electron chi connectivity index (χ2n) is 3.09. The topological polar surface area (TPSA) is 53.1 Å². The number of hydrogen-bond acceptors (Lipinski definition) is 3. The van der Waals surface area contributed by atoms with Crippen molar-refractivity contribution in [3.8, 4) is 5.88 Å². The van der Waals surface area contributed by atoms with E-state index in [1.165, 1.54) is 5.56 Å². The van der Waals surface area contributed by atoms with Crippen molar-refractivity contribution in [3.63, 3.8) is 0 Å². The summed E-state index contributed by atoms with van der Waals surface area (Å²) in [5, 5.41) is 4.24. The molecule has 4 heteroatoms. The number of ether oxygens (including phenoxy) is 1. The van der Waals surface area contributed by atoms with Gasteiger partial charge in [0.25, 0.3) is 0 Å². The Morgan fingerprint density at radius 2 is 2.23 bits per heavy atom. The van der Waals surface area contributed by atoms with E-state index >= 15 is 0 Å². The van der Waals surface area contributed by atoms with E-state index in [1.54, 1.807) is 7.11 Å². The summed E-state index contributed by atoms with van der Waals surface area (Å²) >= 11 is 0. The second kappa shape index (κ2) is 4.28. The van der Waals surface area contributed by atoms with Gasteiger partial charge in [0.15, 0.2) is 0 Å². The van der Waals surface area contributed by atoms with Gasteiger partial charge in [-0.2, -0.15) is 0 Å². The number of aromatic nitrogens is 2. The highest BCUT2D eigenvalue weighted by Gasteiger charge is 2.11. The molecule has 0 saturated carbocycles. The number of aryl methyl sites for hydroxylation is 1. The highest BCUT2D eigenvalue weighted by atomic mass is 16.5. The lowest BCUT2D eigenvalue weighted by Crippen LogP contribution is -2.02. The molecule has 0 aliphatic rings. The fraction of sp³-hybridized carbons (Fsp3) is 0.667. The molecule has 1 aromatic rings. The van der Waals surface area contributed by atoms with Gasteiger partial charge in [0.1, 0.15) is 0 Å². The molecule has 0 bridgehead atoms. The molecule has 0 spiro atoms. The van der Waals surface area contributed by atoms with Crippen LogP contribution in [0.25, 0.3) is 0 Å². The predicted octanol–water partition coefficient (Wildman–Crippen LogP) is 0.628. The Morgan fingerprint density at radius 1 is 1.54 bits per heavy atom. The van der Waals surface area contributed by atoms with Crippen LogP contribution in [0.5, 0.6) is 5.88 Å². The van der Waals surface area contributed by atoms with E-state index in [0.29, 0.717) is 6.54 Å². The largest absolute Gasteiger partial charge is 0.480 e. The molecular weight excluding hydrogens is 166 g/mol. The highest BCUT2D eigenvalue weighted by Crippen LogP contribution is 2.21. The molecule has 0 atom stereocenters. The average molecular weight is 183 g/mol. The van der Waals surface area contributed by atoms with E-state index in [0.717, 1.165) is 24.4 Å². The molecule has 1 aromatic heterocycles. The summed E-state index contributed by atoms with van der Waals surface area (Å²) in [5.74, 6) is 0.730. The van der Waals surface area contributed by atoms with Crippen LogP contribution in [-0.4, -0.2) is 23.4 Å². The molecule has 4 nitrogen and oxygen atoms in total. The molecular formula is C9H17N3O. The van der Waals surface area contributed by atoms with E-state index in [9.17, 15) is 0 Å².